The van der Waals surface area contributed by atoms with Gasteiger partial charge in [-0.1, -0.05) is 0 Å². The number of ketones is 1. The predicted molar refractivity (Wildman–Crippen MR) is 67.7 cm³/mol. The number of fused-ring (bicyclic) bond motifs is 1. The molecule has 1 saturated carbocycles. The molecular weight excluding hydrogens is 230 g/mol. The molecule has 0 spiro atoms. The monoisotopic (exact) mass is 245 g/mol. The Bertz CT molecular complexity index is 508. The van der Waals surface area contributed by atoms with E-state index in [0.717, 1.165) is 42.0 Å². The summed E-state index contributed by atoms with van der Waals surface area (Å²) in [4.78, 5) is 11.6. The van der Waals surface area contributed by atoms with Crippen molar-refractivity contribution in [1.29, 1.82) is 0 Å². The van der Waals surface area contributed by atoms with Gasteiger partial charge in [-0.2, -0.15) is 0 Å². The fourth-order valence-corrected chi connectivity index (χ4v) is 2.21. The van der Waals surface area contributed by atoms with Crippen molar-refractivity contribution in [3.05, 3.63) is 30.0 Å². The van der Waals surface area contributed by atoms with E-state index in [1.807, 2.05) is 24.4 Å². The summed E-state index contributed by atoms with van der Waals surface area (Å²) >= 11 is 0. The standard InChI is InChI=1S/C14H15NO3/c16-12-4-2-1-3-10(12)8-15-11-5-6-13-14(7-11)18-9-17-13/h5-8,15H,1-4,9H2/b10-8+. The molecule has 0 aromatic heterocycles. The molecule has 0 bridgehead atoms. The highest BCUT2D eigenvalue weighted by molar-refractivity contribution is 5.96. The number of hydrogen-bond acceptors (Lipinski definition) is 4. The highest BCUT2D eigenvalue weighted by atomic mass is 16.7. The lowest BCUT2D eigenvalue weighted by Crippen LogP contribution is -2.09. The van der Waals surface area contributed by atoms with Gasteiger partial charge in [-0.25, -0.2) is 0 Å². The fourth-order valence-electron chi connectivity index (χ4n) is 2.21. The first-order valence-electron chi connectivity index (χ1n) is 6.21. The van der Waals surface area contributed by atoms with Gasteiger partial charge in [-0.3, -0.25) is 4.79 Å². The number of anilines is 1. The molecule has 1 aliphatic heterocycles. The highest BCUT2D eigenvalue weighted by Gasteiger charge is 2.15. The first-order valence-corrected chi connectivity index (χ1v) is 6.21. The summed E-state index contributed by atoms with van der Waals surface area (Å²) in [7, 11) is 0. The average molecular weight is 245 g/mol. The molecule has 1 heterocycles. The Labute approximate surface area is 106 Å². The SMILES string of the molecule is O=C1CCCC/C1=C\Nc1ccc2c(c1)OCO2. The van der Waals surface area contributed by atoms with Crippen molar-refractivity contribution in [3.63, 3.8) is 0 Å². The number of allylic oxidation sites excluding steroid dienone is 1. The zero-order valence-electron chi connectivity index (χ0n) is 10.1. The quantitative estimate of drug-likeness (QED) is 0.814. The van der Waals surface area contributed by atoms with Gasteiger partial charge in [0.25, 0.3) is 0 Å². The molecule has 1 aromatic rings. The van der Waals surface area contributed by atoms with Crippen LogP contribution in [0.3, 0.4) is 0 Å². The van der Waals surface area contributed by atoms with Crippen molar-refractivity contribution >= 4 is 11.5 Å². The van der Waals surface area contributed by atoms with E-state index >= 15 is 0 Å². The predicted octanol–water partition coefficient (Wildman–Crippen LogP) is 2.85. The van der Waals surface area contributed by atoms with Crippen molar-refractivity contribution in [3.8, 4) is 11.5 Å². The zero-order valence-corrected chi connectivity index (χ0v) is 10.1. The first-order chi connectivity index (χ1) is 8.83. The minimum absolute atomic E-state index is 0.259. The van der Waals surface area contributed by atoms with Crippen molar-refractivity contribution in [2.75, 3.05) is 12.1 Å². The molecule has 1 fully saturated rings. The number of benzene rings is 1. The van der Waals surface area contributed by atoms with E-state index in [-0.39, 0.29) is 12.6 Å². The Morgan fingerprint density at radius 2 is 1.94 bits per heavy atom. The van der Waals surface area contributed by atoms with E-state index in [0.29, 0.717) is 6.42 Å². The summed E-state index contributed by atoms with van der Waals surface area (Å²) in [6, 6.07) is 5.66. The van der Waals surface area contributed by atoms with Crippen LogP contribution in [0.25, 0.3) is 0 Å². The number of rotatable bonds is 2. The summed E-state index contributed by atoms with van der Waals surface area (Å²) in [5, 5.41) is 3.16. The molecule has 0 saturated heterocycles. The minimum atomic E-state index is 0.259. The third-order valence-electron chi connectivity index (χ3n) is 3.24. The van der Waals surface area contributed by atoms with Gasteiger partial charge in [0.1, 0.15) is 0 Å². The van der Waals surface area contributed by atoms with Crippen LogP contribution >= 0.6 is 0 Å². The molecular formula is C14H15NO3. The molecule has 1 aromatic carbocycles. The Hall–Kier alpha value is -1.97. The Kier molecular flexibility index (Phi) is 2.92. The third kappa shape index (κ3) is 2.18. The van der Waals surface area contributed by atoms with Crippen LogP contribution in [0.1, 0.15) is 25.7 Å². The number of carbonyl (C=O) groups excluding carboxylic acids is 1. The summed E-state index contributed by atoms with van der Waals surface area (Å²) in [5.74, 6) is 1.77. The second-order valence-corrected chi connectivity index (χ2v) is 4.51. The van der Waals surface area contributed by atoms with Crippen molar-refractivity contribution in [2.24, 2.45) is 0 Å². The second-order valence-electron chi connectivity index (χ2n) is 4.51. The number of ether oxygens (including phenoxy) is 2. The van der Waals surface area contributed by atoms with E-state index in [1.165, 1.54) is 0 Å². The molecule has 2 aliphatic rings. The maximum atomic E-state index is 11.6. The Morgan fingerprint density at radius 3 is 2.83 bits per heavy atom. The van der Waals surface area contributed by atoms with Gasteiger partial charge < -0.3 is 14.8 Å². The smallest absolute Gasteiger partial charge is 0.231 e. The number of nitrogens with one attached hydrogen (secondary N) is 1. The van der Waals surface area contributed by atoms with Gasteiger partial charge in [-0.15, -0.1) is 0 Å². The largest absolute Gasteiger partial charge is 0.454 e. The minimum Gasteiger partial charge on any atom is -0.454 e. The van der Waals surface area contributed by atoms with Crippen LogP contribution < -0.4 is 14.8 Å². The van der Waals surface area contributed by atoms with Gasteiger partial charge in [0.15, 0.2) is 17.3 Å². The molecule has 0 atom stereocenters. The third-order valence-corrected chi connectivity index (χ3v) is 3.24. The summed E-state index contributed by atoms with van der Waals surface area (Å²) in [6.45, 7) is 0.276. The molecule has 0 amide bonds. The van der Waals surface area contributed by atoms with E-state index in [4.69, 9.17) is 9.47 Å². The molecule has 18 heavy (non-hydrogen) atoms. The van der Waals surface area contributed by atoms with E-state index in [2.05, 4.69) is 5.32 Å². The highest BCUT2D eigenvalue weighted by Crippen LogP contribution is 2.34. The molecule has 0 unspecified atom stereocenters. The van der Waals surface area contributed by atoms with Crippen LogP contribution in [0.15, 0.2) is 30.0 Å². The van der Waals surface area contributed by atoms with E-state index < -0.39 is 0 Å². The van der Waals surface area contributed by atoms with Gasteiger partial charge in [0.2, 0.25) is 6.79 Å². The van der Waals surface area contributed by atoms with Gasteiger partial charge in [0.05, 0.1) is 0 Å². The van der Waals surface area contributed by atoms with Crippen molar-refractivity contribution in [2.45, 2.75) is 25.7 Å². The lowest BCUT2D eigenvalue weighted by Gasteiger charge is -2.12. The zero-order chi connectivity index (χ0) is 12.4. The van der Waals surface area contributed by atoms with Gasteiger partial charge in [0, 0.05) is 29.9 Å². The van der Waals surface area contributed by atoms with E-state index in [9.17, 15) is 4.79 Å². The second kappa shape index (κ2) is 4.72. The number of carbonyl (C=O) groups is 1. The number of Topliss-reactive ketones (excluding diaryl/α,β-unsaturated/α-hetero) is 1. The molecule has 0 radical (unpaired) electrons. The molecule has 4 heteroatoms. The maximum absolute atomic E-state index is 11.6. The average Bonchev–Trinajstić information content (AvgIpc) is 2.85. The fraction of sp³-hybridized carbons (Fsp3) is 0.357. The van der Waals surface area contributed by atoms with Crippen LogP contribution in [0.5, 0.6) is 11.5 Å². The van der Waals surface area contributed by atoms with Gasteiger partial charge in [-0.05, 0) is 31.4 Å². The summed E-state index contributed by atoms with van der Waals surface area (Å²) in [5.41, 5.74) is 1.80. The summed E-state index contributed by atoms with van der Waals surface area (Å²) in [6.07, 6.45) is 5.48. The van der Waals surface area contributed by atoms with Crippen molar-refractivity contribution < 1.29 is 14.3 Å². The topological polar surface area (TPSA) is 47.6 Å². The summed E-state index contributed by atoms with van der Waals surface area (Å²) < 4.78 is 10.5. The van der Waals surface area contributed by atoms with Crippen molar-refractivity contribution in [1.82, 2.24) is 0 Å². The lowest BCUT2D eigenvalue weighted by molar-refractivity contribution is -0.116. The van der Waals surface area contributed by atoms with Crippen LogP contribution in [0.2, 0.25) is 0 Å². The Balaban J connectivity index is 1.73. The molecule has 1 aliphatic carbocycles. The normalized spacial score (nSPS) is 20.2. The van der Waals surface area contributed by atoms with Crippen LogP contribution in [-0.2, 0) is 4.79 Å². The lowest BCUT2D eigenvalue weighted by atomic mass is 9.94. The Morgan fingerprint density at radius 1 is 1.11 bits per heavy atom. The van der Waals surface area contributed by atoms with Crippen LogP contribution in [0, 0.1) is 0 Å². The molecule has 1 N–H and O–H groups in total. The molecule has 94 valence electrons. The molecule has 3 rings (SSSR count). The number of hydrogen-bond donors (Lipinski definition) is 1. The first kappa shape index (κ1) is 11.1. The van der Waals surface area contributed by atoms with Crippen LogP contribution in [0.4, 0.5) is 5.69 Å². The van der Waals surface area contributed by atoms with Gasteiger partial charge >= 0.3 is 0 Å². The molecule has 4 nitrogen and oxygen atoms in total. The van der Waals surface area contributed by atoms with Crippen LogP contribution in [-0.4, -0.2) is 12.6 Å². The van der Waals surface area contributed by atoms with E-state index in [1.54, 1.807) is 0 Å². The maximum Gasteiger partial charge on any atom is 0.231 e.